The van der Waals surface area contributed by atoms with E-state index in [4.69, 9.17) is 9.72 Å². The van der Waals surface area contributed by atoms with Gasteiger partial charge in [0, 0.05) is 28.2 Å². The fourth-order valence-corrected chi connectivity index (χ4v) is 3.93. The zero-order valence-corrected chi connectivity index (χ0v) is 17.3. The summed E-state index contributed by atoms with van der Waals surface area (Å²) in [5.74, 6) is 1.24. The monoisotopic (exact) mass is 407 g/mol. The highest BCUT2D eigenvalue weighted by molar-refractivity contribution is 5.93. The fourth-order valence-electron chi connectivity index (χ4n) is 3.93. The number of aromatic nitrogens is 3. The summed E-state index contributed by atoms with van der Waals surface area (Å²) in [6.45, 7) is 2.04. The third-order valence-electron chi connectivity index (χ3n) is 5.46. The van der Waals surface area contributed by atoms with Gasteiger partial charge in [0.05, 0.1) is 23.7 Å². The summed E-state index contributed by atoms with van der Waals surface area (Å²) < 4.78 is 7.00. The summed E-state index contributed by atoms with van der Waals surface area (Å²) in [4.78, 5) is 21.6. The number of methoxy groups -OCH3 is 1. The Morgan fingerprint density at radius 3 is 2.55 bits per heavy atom. The van der Waals surface area contributed by atoms with Crippen LogP contribution in [-0.4, -0.2) is 21.6 Å². The van der Waals surface area contributed by atoms with Crippen LogP contribution in [0.1, 0.15) is 17.1 Å². The first-order chi connectivity index (χ1) is 15.2. The van der Waals surface area contributed by atoms with Gasteiger partial charge in [-0.25, -0.2) is 4.98 Å². The molecule has 0 saturated heterocycles. The minimum absolute atomic E-state index is 0.117. The van der Waals surface area contributed by atoms with Crippen LogP contribution in [0.25, 0.3) is 39.6 Å². The number of nitrogens with one attached hydrogen (secondary N) is 1. The summed E-state index contributed by atoms with van der Waals surface area (Å²) in [5, 5.41) is 1.71. The van der Waals surface area contributed by atoms with Gasteiger partial charge in [-0.1, -0.05) is 36.4 Å². The maximum atomic E-state index is 13.4. The summed E-state index contributed by atoms with van der Waals surface area (Å²) in [5.41, 5.74) is 4.48. The van der Waals surface area contributed by atoms with E-state index in [-0.39, 0.29) is 5.56 Å². The quantitative estimate of drug-likeness (QED) is 0.437. The maximum Gasteiger partial charge on any atom is 0.266 e. The molecule has 0 aliphatic heterocycles. The number of ether oxygens (including phenoxy) is 1. The number of nitrogens with zero attached hydrogens (tertiary/aromatic N) is 2. The molecule has 0 unspecified atom stereocenters. The molecule has 5 nitrogen and oxygen atoms in total. The van der Waals surface area contributed by atoms with Gasteiger partial charge in [-0.15, -0.1) is 0 Å². The molecule has 1 N–H and O–H groups in total. The van der Waals surface area contributed by atoms with Crippen LogP contribution in [-0.2, 0) is 0 Å². The Bertz CT molecular complexity index is 1510. The van der Waals surface area contributed by atoms with E-state index >= 15 is 0 Å². The molecule has 2 aromatic heterocycles. The Morgan fingerprint density at radius 2 is 1.71 bits per heavy atom. The van der Waals surface area contributed by atoms with Gasteiger partial charge in [-0.3, -0.25) is 9.36 Å². The van der Waals surface area contributed by atoms with E-state index in [0.29, 0.717) is 28.2 Å². The average Bonchev–Trinajstić information content (AvgIpc) is 3.12. The molecule has 0 spiro atoms. The number of hydrogen-bond donors (Lipinski definition) is 1. The van der Waals surface area contributed by atoms with Crippen molar-refractivity contribution in [2.45, 2.75) is 6.92 Å². The minimum Gasteiger partial charge on any atom is -0.497 e. The van der Waals surface area contributed by atoms with E-state index in [1.165, 1.54) is 0 Å². The van der Waals surface area contributed by atoms with Crippen molar-refractivity contribution in [1.82, 2.24) is 14.5 Å². The number of fused-ring (bicyclic) bond motifs is 2. The third kappa shape index (κ3) is 3.30. The van der Waals surface area contributed by atoms with E-state index < -0.39 is 0 Å². The van der Waals surface area contributed by atoms with E-state index in [2.05, 4.69) is 17.1 Å². The molecule has 0 radical (unpaired) electrons. The predicted octanol–water partition coefficient (Wildman–Crippen LogP) is 5.35. The summed E-state index contributed by atoms with van der Waals surface area (Å²) in [6, 6.07) is 23.0. The average molecular weight is 407 g/mol. The molecule has 0 aliphatic carbocycles. The van der Waals surface area contributed by atoms with E-state index in [0.717, 1.165) is 22.2 Å². The van der Waals surface area contributed by atoms with Crippen LogP contribution in [0.5, 0.6) is 5.75 Å². The lowest BCUT2D eigenvalue weighted by molar-refractivity contribution is 0.414. The summed E-state index contributed by atoms with van der Waals surface area (Å²) in [6.07, 6.45) is 3.91. The minimum atomic E-state index is -0.117. The van der Waals surface area contributed by atoms with Gasteiger partial charge in [0.15, 0.2) is 0 Å². The fraction of sp³-hybridized carbons (Fsp3) is 0.0769. The van der Waals surface area contributed by atoms with Gasteiger partial charge in [0.1, 0.15) is 11.6 Å². The molecule has 0 amide bonds. The molecule has 5 rings (SSSR count). The molecule has 5 heteroatoms. The highest BCUT2D eigenvalue weighted by atomic mass is 16.5. The lowest BCUT2D eigenvalue weighted by atomic mass is 10.1. The number of aromatic amines is 1. The van der Waals surface area contributed by atoms with Crippen molar-refractivity contribution >= 4 is 34.0 Å². The zero-order chi connectivity index (χ0) is 21.4. The van der Waals surface area contributed by atoms with Gasteiger partial charge < -0.3 is 9.72 Å². The van der Waals surface area contributed by atoms with Gasteiger partial charge in [0.2, 0.25) is 0 Å². The largest absolute Gasteiger partial charge is 0.497 e. The van der Waals surface area contributed by atoms with Crippen molar-refractivity contribution < 1.29 is 4.74 Å². The molecule has 0 saturated carbocycles. The molecule has 2 heterocycles. The molecule has 0 aliphatic rings. The van der Waals surface area contributed by atoms with Crippen molar-refractivity contribution in [2.75, 3.05) is 7.11 Å². The van der Waals surface area contributed by atoms with Crippen molar-refractivity contribution in [3.63, 3.8) is 0 Å². The number of para-hydroxylation sites is 2. The summed E-state index contributed by atoms with van der Waals surface area (Å²) in [7, 11) is 1.61. The van der Waals surface area contributed by atoms with Crippen LogP contribution in [0.3, 0.4) is 0 Å². The SMILES string of the molecule is COc1cccc(-n2c(/C=C/c3c(C)[nH]c4ccccc34)nc3ccccc3c2=O)c1. The first-order valence-corrected chi connectivity index (χ1v) is 10.1. The first kappa shape index (κ1) is 18.9. The second-order valence-corrected chi connectivity index (χ2v) is 7.37. The van der Waals surface area contributed by atoms with Crippen molar-refractivity contribution in [2.24, 2.45) is 0 Å². The second kappa shape index (κ2) is 7.61. The number of rotatable bonds is 4. The molecule has 0 bridgehead atoms. The Morgan fingerprint density at radius 1 is 0.935 bits per heavy atom. The summed E-state index contributed by atoms with van der Waals surface area (Å²) >= 11 is 0. The molecule has 0 atom stereocenters. The number of aryl methyl sites for hydroxylation is 1. The van der Waals surface area contributed by atoms with Gasteiger partial charge in [-0.2, -0.15) is 0 Å². The highest BCUT2D eigenvalue weighted by Gasteiger charge is 2.12. The standard InChI is InChI=1S/C26H21N3O2/c1-17-20(21-10-3-5-12-23(21)27-17)14-15-25-28-24-13-6-4-11-22(24)26(30)29(25)18-8-7-9-19(16-18)31-2/h3-16,27H,1-2H3/b15-14+. The Balaban J connectivity index is 1.74. The lowest BCUT2D eigenvalue weighted by Gasteiger charge is -2.12. The number of hydrogen-bond acceptors (Lipinski definition) is 3. The topological polar surface area (TPSA) is 59.9 Å². The Hall–Kier alpha value is -4.12. The first-order valence-electron chi connectivity index (χ1n) is 10.1. The van der Waals surface area contributed by atoms with Crippen LogP contribution in [0.2, 0.25) is 0 Å². The molecular formula is C26H21N3O2. The van der Waals surface area contributed by atoms with Crippen LogP contribution < -0.4 is 10.3 Å². The maximum absolute atomic E-state index is 13.4. The number of benzene rings is 3. The smallest absolute Gasteiger partial charge is 0.266 e. The molecule has 5 aromatic rings. The normalized spacial score (nSPS) is 11.5. The lowest BCUT2D eigenvalue weighted by Crippen LogP contribution is -2.22. The van der Waals surface area contributed by atoms with Gasteiger partial charge in [0.25, 0.3) is 5.56 Å². The van der Waals surface area contributed by atoms with Crippen LogP contribution in [0.15, 0.2) is 77.6 Å². The highest BCUT2D eigenvalue weighted by Crippen LogP contribution is 2.25. The van der Waals surface area contributed by atoms with Crippen LogP contribution in [0.4, 0.5) is 0 Å². The van der Waals surface area contributed by atoms with Crippen LogP contribution >= 0.6 is 0 Å². The second-order valence-electron chi connectivity index (χ2n) is 7.37. The van der Waals surface area contributed by atoms with Crippen molar-refractivity contribution in [3.8, 4) is 11.4 Å². The third-order valence-corrected chi connectivity index (χ3v) is 5.46. The van der Waals surface area contributed by atoms with Crippen molar-refractivity contribution in [1.29, 1.82) is 0 Å². The Labute approximate surface area is 179 Å². The molecule has 152 valence electrons. The van der Waals surface area contributed by atoms with E-state index in [1.54, 1.807) is 17.7 Å². The predicted molar refractivity (Wildman–Crippen MR) is 126 cm³/mol. The van der Waals surface area contributed by atoms with E-state index in [9.17, 15) is 4.79 Å². The molecule has 31 heavy (non-hydrogen) atoms. The zero-order valence-electron chi connectivity index (χ0n) is 17.3. The number of H-pyrrole nitrogens is 1. The molecular weight excluding hydrogens is 386 g/mol. The van der Waals surface area contributed by atoms with Crippen molar-refractivity contribution in [3.05, 3.63) is 100 Å². The van der Waals surface area contributed by atoms with Crippen LogP contribution in [0, 0.1) is 6.92 Å². The molecule has 0 fully saturated rings. The van der Waals surface area contributed by atoms with E-state index in [1.807, 2.05) is 73.7 Å². The van der Waals surface area contributed by atoms with Gasteiger partial charge >= 0.3 is 0 Å². The molecule has 3 aromatic carbocycles. The van der Waals surface area contributed by atoms with Gasteiger partial charge in [-0.05, 0) is 49.4 Å². The Kier molecular flexibility index (Phi) is 4.64.